The van der Waals surface area contributed by atoms with Crippen molar-refractivity contribution in [3.05, 3.63) is 137 Å². The summed E-state index contributed by atoms with van der Waals surface area (Å²) < 4.78 is 54.6. The van der Waals surface area contributed by atoms with Gasteiger partial charge in [-0.15, -0.1) is 0 Å². The molecule has 12 heteroatoms. The molecule has 0 bridgehead atoms. The molecule has 3 aromatic carbocycles. The zero-order valence-electron chi connectivity index (χ0n) is 22.3. The number of halogens is 2. The Kier molecular flexibility index (Phi) is 8.67. The number of nitrogens with zero attached hydrogens (tertiary/aromatic N) is 2. The maximum atomic E-state index is 16.1. The van der Waals surface area contributed by atoms with Crippen molar-refractivity contribution in [3.8, 4) is 0 Å². The largest absolute Gasteiger partial charge is 0.458 e. The van der Waals surface area contributed by atoms with Gasteiger partial charge in [-0.1, -0.05) is 54.6 Å². The van der Waals surface area contributed by atoms with Crippen LogP contribution in [0.3, 0.4) is 0 Å². The van der Waals surface area contributed by atoms with Crippen LogP contribution in [0.4, 0.5) is 8.78 Å². The molecule has 1 saturated heterocycles. The van der Waals surface area contributed by atoms with E-state index in [0.717, 1.165) is 12.4 Å². The van der Waals surface area contributed by atoms with Crippen LogP contribution in [-0.4, -0.2) is 58.3 Å². The van der Waals surface area contributed by atoms with E-state index in [1.807, 2.05) is 0 Å². The number of benzene rings is 3. The summed E-state index contributed by atoms with van der Waals surface area (Å²) in [6, 6.07) is 24.1. The van der Waals surface area contributed by atoms with Crippen LogP contribution in [0.25, 0.3) is 0 Å². The SMILES string of the molecule is O=C(OCC(OC(=O)c1ccccc1)C1OC(n2cccnc2=O)C(F)(F)C1OC(=O)c1ccccc1)c1ccccc1. The van der Waals surface area contributed by atoms with Crippen molar-refractivity contribution >= 4 is 17.9 Å². The lowest BCUT2D eigenvalue weighted by molar-refractivity contribution is -0.143. The Morgan fingerprint density at radius 1 is 0.814 bits per heavy atom. The monoisotopic (exact) mass is 590 g/mol. The van der Waals surface area contributed by atoms with Crippen molar-refractivity contribution in [3.63, 3.8) is 0 Å². The van der Waals surface area contributed by atoms with Gasteiger partial charge in [0.05, 0.1) is 16.7 Å². The lowest BCUT2D eigenvalue weighted by Crippen LogP contribution is -2.49. The van der Waals surface area contributed by atoms with Gasteiger partial charge in [0.1, 0.15) is 12.7 Å². The number of carbonyl (C=O) groups is 3. The molecule has 0 spiro atoms. The van der Waals surface area contributed by atoms with Crippen LogP contribution < -0.4 is 5.69 Å². The van der Waals surface area contributed by atoms with Crippen LogP contribution in [0.1, 0.15) is 37.3 Å². The predicted octanol–water partition coefficient (Wildman–Crippen LogP) is 4.08. The predicted molar refractivity (Wildman–Crippen MR) is 145 cm³/mol. The molecule has 2 heterocycles. The summed E-state index contributed by atoms with van der Waals surface area (Å²) in [6.07, 6.45) is -6.15. The number of esters is 3. The minimum absolute atomic E-state index is 0.0348. The van der Waals surface area contributed by atoms with Crippen molar-refractivity contribution in [1.29, 1.82) is 0 Å². The van der Waals surface area contributed by atoms with Gasteiger partial charge in [-0.2, -0.15) is 8.78 Å². The second-order valence-electron chi connectivity index (χ2n) is 9.40. The molecule has 1 aliphatic rings. The first-order valence-electron chi connectivity index (χ1n) is 13.1. The summed E-state index contributed by atoms with van der Waals surface area (Å²) in [5.41, 5.74) is -0.869. The topological polar surface area (TPSA) is 123 Å². The third-order valence-electron chi connectivity index (χ3n) is 6.55. The molecule has 10 nitrogen and oxygen atoms in total. The van der Waals surface area contributed by atoms with Crippen LogP contribution >= 0.6 is 0 Å². The Hall–Kier alpha value is -5.23. The first-order chi connectivity index (χ1) is 20.8. The number of hydrogen-bond donors (Lipinski definition) is 0. The fraction of sp³-hybridized carbons (Fsp3) is 0.194. The fourth-order valence-corrected chi connectivity index (χ4v) is 4.45. The average molecular weight is 591 g/mol. The van der Waals surface area contributed by atoms with Gasteiger partial charge in [0.2, 0.25) is 6.23 Å². The molecule has 0 aliphatic carbocycles. The maximum absolute atomic E-state index is 16.1. The van der Waals surface area contributed by atoms with E-state index < -0.39 is 60.7 Å². The highest BCUT2D eigenvalue weighted by Crippen LogP contribution is 2.45. The molecule has 0 amide bonds. The van der Waals surface area contributed by atoms with Crippen LogP contribution in [0, 0.1) is 0 Å². The van der Waals surface area contributed by atoms with Crippen molar-refractivity contribution in [2.24, 2.45) is 0 Å². The van der Waals surface area contributed by atoms with Crippen LogP contribution in [-0.2, 0) is 18.9 Å². The van der Waals surface area contributed by atoms with E-state index in [1.54, 1.807) is 42.5 Å². The number of rotatable bonds is 9. The third kappa shape index (κ3) is 6.49. The Labute approximate surface area is 243 Å². The van der Waals surface area contributed by atoms with Crippen LogP contribution in [0.15, 0.2) is 114 Å². The molecule has 0 radical (unpaired) electrons. The third-order valence-corrected chi connectivity index (χ3v) is 6.55. The highest BCUT2D eigenvalue weighted by molar-refractivity contribution is 5.90. The summed E-state index contributed by atoms with van der Waals surface area (Å²) in [5, 5.41) is 0. The molecule has 5 rings (SSSR count). The highest BCUT2D eigenvalue weighted by atomic mass is 19.3. The molecule has 1 aliphatic heterocycles. The zero-order valence-corrected chi connectivity index (χ0v) is 22.3. The quantitative estimate of drug-likeness (QED) is 0.210. The molecule has 220 valence electrons. The summed E-state index contributed by atoms with van der Waals surface area (Å²) >= 11 is 0. The van der Waals surface area contributed by atoms with Gasteiger partial charge in [0.25, 0.3) is 0 Å². The second-order valence-corrected chi connectivity index (χ2v) is 9.40. The fourth-order valence-electron chi connectivity index (χ4n) is 4.45. The minimum atomic E-state index is -4.04. The maximum Gasteiger partial charge on any atom is 0.349 e. The Balaban J connectivity index is 1.51. The molecule has 0 N–H and O–H groups in total. The van der Waals surface area contributed by atoms with Crippen molar-refractivity contribution in [2.75, 3.05) is 6.61 Å². The molecule has 43 heavy (non-hydrogen) atoms. The van der Waals surface area contributed by atoms with Gasteiger partial charge in [0, 0.05) is 12.4 Å². The van der Waals surface area contributed by atoms with Gasteiger partial charge in [0.15, 0.2) is 12.2 Å². The Bertz CT molecular complexity index is 1630. The first kappa shape index (κ1) is 29.3. The molecular weight excluding hydrogens is 566 g/mol. The minimum Gasteiger partial charge on any atom is -0.458 e. The summed E-state index contributed by atoms with van der Waals surface area (Å²) in [5.74, 6) is -6.93. The van der Waals surface area contributed by atoms with Crippen molar-refractivity contribution in [1.82, 2.24) is 9.55 Å². The standard InChI is InChI=1S/C31H24F2N2O8/c32-31(33)25(43-28(38)22-15-8-3-9-16-22)24(42-29(31)35-18-10-17-34-30(35)39)23(41-27(37)21-13-6-2-7-14-21)19-40-26(36)20-11-4-1-5-12-20/h1-18,23-25,29H,19H2. The summed E-state index contributed by atoms with van der Waals surface area (Å²) in [7, 11) is 0. The van der Waals surface area contributed by atoms with Crippen LogP contribution in [0.2, 0.25) is 0 Å². The smallest absolute Gasteiger partial charge is 0.349 e. The number of alkyl halides is 2. The van der Waals surface area contributed by atoms with Crippen LogP contribution in [0.5, 0.6) is 0 Å². The molecular formula is C31H24F2N2O8. The van der Waals surface area contributed by atoms with Gasteiger partial charge in [-0.3, -0.25) is 4.57 Å². The van der Waals surface area contributed by atoms with Gasteiger partial charge in [-0.05, 0) is 42.5 Å². The average Bonchev–Trinajstić information content (AvgIpc) is 3.29. The van der Waals surface area contributed by atoms with Gasteiger partial charge >= 0.3 is 29.5 Å². The lowest BCUT2D eigenvalue weighted by atomic mass is 10.0. The summed E-state index contributed by atoms with van der Waals surface area (Å²) in [4.78, 5) is 54.7. The molecule has 4 unspecified atom stereocenters. The van der Waals surface area contributed by atoms with Crippen molar-refractivity contribution in [2.45, 2.75) is 30.5 Å². The van der Waals surface area contributed by atoms with E-state index in [1.165, 1.54) is 54.6 Å². The normalized spacial score (nSPS) is 19.6. The van der Waals surface area contributed by atoms with Gasteiger partial charge < -0.3 is 18.9 Å². The lowest BCUT2D eigenvalue weighted by Gasteiger charge is -2.28. The van der Waals surface area contributed by atoms with E-state index in [2.05, 4.69) is 4.98 Å². The van der Waals surface area contributed by atoms with E-state index in [-0.39, 0.29) is 16.7 Å². The molecule has 0 saturated carbocycles. The second kappa shape index (κ2) is 12.7. The Morgan fingerprint density at radius 3 is 1.91 bits per heavy atom. The number of hydrogen-bond acceptors (Lipinski definition) is 9. The zero-order chi connectivity index (χ0) is 30.4. The summed E-state index contributed by atoms with van der Waals surface area (Å²) in [6.45, 7) is -0.749. The van der Waals surface area contributed by atoms with E-state index in [0.29, 0.717) is 4.57 Å². The number of carbonyl (C=O) groups excluding carboxylic acids is 3. The van der Waals surface area contributed by atoms with E-state index in [4.69, 9.17) is 18.9 Å². The molecule has 1 aromatic heterocycles. The first-order valence-corrected chi connectivity index (χ1v) is 13.1. The number of aromatic nitrogens is 2. The van der Waals surface area contributed by atoms with Crippen molar-refractivity contribution < 1.29 is 42.1 Å². The van der Waals surface area contributed by atoms with E-state index in [9.17, 15) is 19.2 Å². The number of ether oxygens (including phenoxy) is 4. The van der Waals surface area contributed by atoms with Gasteiger partial charge in [-0.25, -0.2) is 24.2 Å². The molecule has 4 aromatic rings. The highest BCUT2D eigenvalue weighted by Gasteiger charge is 2.65. The Morgan fingerprint density at radius 2 is 1.35 bits per heavy atom. The molecule has 1 fully saturated rings. The molecule has 4 atom stereocenters. The van der Waals surface area contributed by atoms with E-state index >= 15 is 8.78 Å².